The first-order valence-corrected chi connectivity index (χ1v) is 5.77. The van der Waals surface area contributed by atoms with Crippen molar-refractivity contribution in [3.63, 3.8) is 0 Å². The van der Waals surface area contributed by atoms with Crippen molar-refractivity contribution in [2.24, 2.45) is 0 Å². The lowest BCUT2D eigenvalue weighted by Crippen LogP contribution is -2.35. The third-order valence-corrected chi connectivity index (χ3v) is 3.67. The molecule has 2 nitrogen and oxygen atoms in total. The molecule has 88 valence electrons. The standard InChI is InChI=1S/C14H13ClO2/c1-10-7-8-12(9-14(10,15)13(16)17)11-5-3-2-4-6-11/h2-8H,9H2,1H3,(H,16,17). The number of hydrogen-bond donors (Lipinski definition) is 1. The lowest BCUT2D eigenvalue weighted by Gasteiger charge is -2.27. The number of alkyl halides is 1. The number of allylic oxidation sites excluding steroid dienone is 3. The van der Waals surface area contributed by atoms with Gasteiger partial charge in [0.05, 0.1) is 0 Å². The molecule has 1 aliphatic carbocycles. The van der Waals surface area contributed by atoms with Crippen LogP contribution in [0.3, 0.4) is 0 Å². The molecule has 0 heterocycles. The van der Waals surface area contributed by atoms with Crippen molar-refractivity contribution >= 4 is 23.1 Å². The second kappa shape index (κ2) is 4.38. The summed E-state index contributed by atoms with van der Waals surface area (Å²) in [6, 6.07) is 9.70. The number of rotatable bonds is 2. The van der Waals surface area contributed by atoms with Gasteiger partial charge in [0.2, 0.25) is 0 Å². The van der Waals surface area contributed by atoms with Crippen molar-refractivity contribution in [2.45, 2.75) is 18.2 Å². The van der Waals surface area contributed by atoms with E-state index in [0.29, 0.717) is 12.0 Å². The molecular weight excluding hydrogens is 236 g/mol. The van der Waals surface area contributed by atoms with Gasteiger partial charge >= 0.3 is 5.97 Å². The third-order valence-electron chi connectivity index (χ3n) is 3.08. The Labute approximate surface area is 105 Å². The second-order valence-electron chi connectivity index (χ2n) is 4.19. The number of benzene rings is 1. The van der Waals surface area contributed by atoms with E-state index in [4.69, 9.17) is 11.6 Å². The molecule has 3 heteroatoms. The zero-order chi connectivity index (χ0) is 12.5. The summed E-state index contributed by atoms with van der Waals surface area (Å²) in [5, 5.41) is 9.23. The van der Waals surface area contributed by atoms with Gasteiger partial charge in [0, 0.05) is 6.42 Å². The SMILES string of the molecule is CC1=CC=C(c2ccccc2)CC1(Cl)C(=O)O. The number of carbonyl (C=O) groups is 1. The van der Waals surface area contributed by atoms with Crippen LogP contribution in [0.5, 0.6) is 0 Å². The second-order valence-corrected chi connectivity index (χ2v) is 4.84. The van der Waals surface area contributed by atoms with Crippen LogP contribution in [-0.2, 0) is 4.79 Å². The van der Waals surface area contributed by atoms with Crippen LogP contribution in [0, 0.1) is 0 Å². The number of carboxylic acid groups (broad SMARTS) is 1. The number of aliphatic carboxylic acids is 1. The fourth-order valence-electron chi connectivity index (χ4n) is 1.91. The predicted molar refractivity (Wildman–Crippen MR) is 69.0 cm³/mol. The Kier molecular flexibility index (Phi) is 3.07. The molecule has 1 atom stereocenters. The van der Waals surface area contributed by atoms with Gasteiger partial charge in [0.1, 0.15) is 0 Å². The molecule has 1 unspecified atom stereocenters. The van der Waals surface area contributed by atoms with E-state index in [0.717, 1.165) is 11.1 Å². The van der Waals surface area contributed by atoms with Crippen LogP contribution in [0.15, 0.2) is 48.1 Å². The maximum absolute atomic E-state index is 11.3. The Balaban J connectivity index is 2.39. The molecule has 0 saturated heterocycles. The maximum atomic E-state index is 11.3. The average Bonchev–Trinajstić information content (AvgIpc) is 2.33. The monoisotopic (exact) mass is 248 g/mol. The lowest BCUT2D eigenvalue weighted by atomic mass is 9.84. The Morgan fingerprint density at radius 3 is 2.53 bits per heavy atom. The lowest BCUT2D eigenvalue weighted by molar-refractivity contribution is -0.139. The first-order valence-electron chi connectivity index (χ1n) is 5.40. The quantitative estimate of drug-likeness (QED) is 0.814. The molecule has 1 aromatic carbocycles. The molecule has 0 fully saturated rings. The summed E-state index contributed by atoms with van der Waals surface area (Å²) in [6.45, 7) is 1.75. The Morgan fingerprint density at radius 1 is 1.29 bits per heavy atom. The highest BCUT2D eigenvalue weighted by molar-refractivity contribution is 6.36. The normalized spacial score (nSPS) is 23.9. The van der Waals surface area contributed by atoms with Crippen LogP contribution >= 0.6 is 11.6 Å². The Morgan fingerprint density at radius 2 is 1.94 bits per heavy atom. The number of halogens is 1. The van der Waals surface area contributed by atoms with Gasteiger partial charge in [-0.2, -0.15) is 0 Å². The molecule has 17 heavy (non-hydrogen) atoms. The van der Waals surface area contributed by atoms with E-state index in [1.54, 1.807) is 13.0 Å². The van der Waals surface area contributed by atoms with Crippen molar-refractivity contribution in [2.75, 3.05) is 0 Å². The summed E-state index contributed by atoms with van der Waals surface area (Å²) in [5.74, 6) is -0.991. The minimum Gasteiger partial charge on any atom is -0.480 e. The molecule has 0 saturated carbocycles. The minimum atomic E-state index is -1.31. The highest BCUT2D eigenvalue weighted by Crippen LogP contribution is 2.39. The van der Waals surface area contributed by atoms with Crippen molar-refractivity contribution in [3.8, 4) is 0 Å². The summed E-state index contributed by atoms with van der Waals surface area (Å²) < 4.78 is 0. The van der Waals surface area contributed by atoms with Crippen LogP contribution in [0.1, 0.15) is 18.9 Å². The van der Waals surface area contributed by atoms with Crippen LogP contribution in [0.2, 0.25) is 0 Å². The molecule has 2 rings (SSSR count). The van der Waals surface area contributed by atoms with Crippen LogP contribution in [0.25, 0.3) is 5.57 Å². The van der Waals surface area contributed by atoms with Crippen molar-refractivity contribution in [1.82, 2.24) is 0 Å². The van der Waals surface area contributed by atoms with Gasteiger partial charge in [-0.15, -0.1) is 11.6 Å². The number of hydrogen-bond acceptors (Lipinski definition) is 1. The van der Waals surface area contributed by atoms with E-state index in [9.17, 15) is 9.90 Å². The van der Waals surface area contributed by atoms with Gasteiger partial charge in [0.15, 0.2) is 4.87 Å². The molecule has 0 spiro atoms. The fraction of sp³-hybridized carbons (Fsp3) is 0.214. The fourth-order valence-corrected chi connectivity index (χ4v) is 2.12. The van der Waals surface area contributed by atoms with Gasteiger partial charge in [-0.05, 0) is 23.6 Å². The summed E-state index contributed by atoms with van der Waals surface area (Å²) in [4.78, 5) is 9.96. The summed E-state index contributed by atoms with van der Waals surface area (Å²) in [7, 11) is 0. The van der Waals surface area contributed by atoms with Gasteiger partial charge in [-0.3, -0.25) is 0 Å². The molecule has 1 aromatic rings. The van der Waals surface area contributed by atoms with Crippen molar-refractivity contribution in [3.05, 3.63) is 53.6 Å². The molecule has 1 N–H and O–H groups in total. The first kappa shape index (κ1) is 11.9. The molecule has 0 aromatic heterocycles. The van der Waals surface area contributed by atoms with Crippen LogP contribution in [-0.4, -0.2) is 16.0 Å². The molecular formula is C14H13ClO2. The molecule has 1 aliphatic rings. The molecule has 0 aliphatic heterocycles. The van der Waals surface area contributed by atoms with Crippen molar-refractivity contribution < 1.29 is 9.90 Å². The van der Waals surface area contributed by atoms with Gasteiger partial charge < -0.3 is 5.11 Å². The Hall–Kier alpha value is -1.54. The predicted octanol–water partition coefficient (Wildman–Crippen LogP) is 3.48. The number of carboxylic acids is 1. The minimum absolute atomic E-state index is 0.316. The van der Waals surface area contributed by atoms with Crippen molar-refractivity contribution in [1.29, 1.82) is 0 Å². The first-order chi connectivity index (χ1) is 8.04. The van der Waals surface area contributed by atoms with E-state index < -0.39 is 10.8 Å². The van der Waals surface area contributed by atoms with E-state index in [-0.39, 0.29) is 0 Å². The largest absolute Gasteiger partial charge is 0.480 e. The maximum Gasteiger partial charge on any atom is 0.329 e. The van der Waals surface area contributed by atoms with Crippen LogP contribution in [0.4, 0.5) is 0 Å². The molecule has 0 amide bonds. The highest BCUT2D eigenvalue weighted by Gasteiger charge is 2.40. The van der Waals surface area contributed by atoms with E-state index >= 15 is 0 Å². The summed E-state index contributed by atoms with van der Waals surface area (Å²) >= 11 is 6.20. The third kappa shape index (κ3) is 2.13. The average molecular weight is 249 g/mol. The zero-order valence-corrected chi connectivity index (χ0v) is 10.2. The van der Waals surface area contributed by atoms with Gasteiger partial charge in [0.25, 0.3) is 0 Å². The summed E-state index contributed by atoms with van der Waals surface area (Å²) in [5.41, 5.74) is 2.64. The van der Waals surface area contributed by atoms with E-state index in [1.807, 2.05) is 36.4 Å². The molecule has 0 bridgehead atoms. The van der Waals surface area contributed by atoms with E-state index in [2.05, 4.69) is 0 Å². The Bertz CT molecular complexity index is 502. The van der Waals surface area contributed by atoms with Crippen LogP contribution < -0.4 is 0 Å². The van der Waals surface area contributed by atoms with Gasteiger partial charge in [-0.25, -0.2) is 4.79 Å². The topological polar surface area (TPSA) is 37.3 Å². The smallest absolute Gasteiger partial charge is 0.329 e. The summed E-state index contributed by atoms with van der Waals surface area (Å²) in [6.07, 6.45) is 4.04. The zero-order valence-electron chi connectivity index (χ0n) is 9.48. The molecule has 0 radical (unpaired) electrons. The van der Waals surface area contributed by atoms with Gasteiger partial charge in [-0.1, -0.05) is 42.5 Å². The highest BCUT2D eigenvalue weighted by atomic mass is 35.5. The van der Waals surface area contributed by atoms with E-state index in [1.165, 1.54) is 0 Å².